The monoisotopic (exact) mass is 352 g/mol. The Morgan fingerprint density at radius 2 is 2.08 bits per heavy atom. The largest absolute Gasteiger partial charge is 0.443 e. The van der Waals surface area contributed by atoms with Crippen molar-refractivity contribution in [1.82, 2.24) is 19.7 Å². The number of aryl methyl sites for hydroxylation is 1. The molecule has 6 heteroatoms. The Bertz CT molecular complexity index is 973. The third-order valence-electron chi connectivity index (χ3n) is 4.16. The van der Waals surface area contributed by atoms with Crippen molar-refractivity contribution < 1.29 is 4.74 Å². The van der Waals surface area contributed by atoms with Crippen molar-refractivity contribution in [3.63, 3.8) is 0 Å². The van der Waals surface area contributed by atoms with Gasteiger partial charge in [-0.25, -0.2) is 4.98 Å². The van der Waals surface area contributed by atoms with Gasteiger partial charge in [0.1, 0.15) is 17.0 Å². The molecular weight excluding hydrogens is 336 g/mol. The van der Waals surface area contributed by atoms with E-state index in [1.54, 1.807) is 18.3 Å². The van der Waals surface area contributed by atoms with Crippen molar-refractivity contribution in [2.75, 3.05) is 0 Å². The Morgan fingerprint density at radius 1 is 1.16 bits per heavy atom. The van der Waals surface area contributed by atoms with Crippen molar-refractivity contribution in [2.45, 2.75) is 26.3 Å². The molecule has 0 N–H and O–H groups in total. The Kier molecular flexibility index (Phi) is 4.24. The first kappa shape index (κ1) is 15.8. The lowest BCUT2D eigenvalue weighted by Gasteiger charge is -2.14. The third kappa shape index (κ3) is 3.15. The predicted molar refractivity (Wildman–Crippen MR) is 98.4 cm³/mol. The fourth-order valence-corrected chi connectivity index (χ4v) is 3.04. The molecule has 0 aliphatic heterocycles. The Balaban J connectivity index is 1.62. The number of ether oxygens (including phenoxy) is 1. The van der Waals surface area contributed by atoms with Gasteiger partial charge >= 0.3 is 0 Å². The number of allylic oxidation sites excluding steroid dienone is 4. The molecule has 25 heavy (non-hydrogen) atoms. The van der Waals surface area contributed by atoms with Crippen LogP contribution in [-0.2, 0) is 6.54 Å². The van der Waals surface area contributed by atoms with E-state index in [9.17, 15) is 0 Å². The highest BCUT2D eigenvalue weighted by atomic mass is 35.5. The highest BCUT2D eigenvalue weighted by molar-refractivity contribution is 6.30. The zero-order valence-electron chi connectivity index (χ0n) is 13.8. The van der Waals surface area contributed by atoms with Gasteiger partial charge in [0, 0.05) is 31.4 Å². The summed E-state index contributed by atoms with van der Waals surface area (Å²) in [4.78, 5) is 8.68. The van der Waals surface area contributed by atoms with E-state index >= 15 is 0 Å². The lowest BCUT2D eigenvalue weighted by atomic mass is 10.00. The number of nitrogens with zero attached hydrogens (tertiary/aromatic N) is 4. The molecule has 126 valence electrons. The second kappa shape index (κ2) is 6.69. The first-order valence-corrected chi connectivity index (χ1v) is 8.63. The summed E-state index contributed by atoms with van der Waals surface area (Å²) in [5, 5.41) is 5.33. The van der Waals surface area contributed by atoms with Crippen molar-refractivity contribution in [3.05, 3.63) is 65.3 Å². The summed E-state index contributed by atoms with van der Waals surface area (Å²) >= 11 is 5.85. The minimum Gasteiger partial charge on any atom is -0.443 e. The van der Waals surface area contributed by atoms with Crippen LogP contribution in [-0.4, -0.2) is 19.7 Å². The van der Waals surface area contributed by atoms with Crippen molar-refractivity contribution in [3.8, 4) is 5.88 Å². The van der Waals surface area contributed by atoms with Crippen LogP contribution in [0.15, 0.2) is 54.6 Å². The molecule has 0 atom stereocenters. The summed E-state index contributed by atoms with van der Waals surface area (Å²) in [6.45, 7) is 2.91. The first-order valence-electron chi connectivity index (χ1n) is 8.25. The number of hydrogen-bond donors (Lipinski definition) is 0. The number of pyridine rings is 2. The van der Waals surface area contributed by atoms with Crippen LogP contribution in [0.1, 0.15) is 25.5 Å². The molecule has 3 aromatic rings. The standard InChI is InChI=1S/C19H17ClN4O/c1-2-24-16-4-3-11-21-19(16)18(23-24)13-5-8-15(9-6-13)25-17-10-7-14(20)12-22-17/h3-5,7-8,10-12H,2,6,9H2,1H3. The molecule has 0 spiro atoms. The molecule has 0 bridgehead atoms. The Morgan fingerprint density at radius 3 is 2.80 bits per heavy atom. The van der Waals surface area contributed by atoms with Crippen molar-refractivity contribution in [1.29, 1.82) is 0 Å². The van der Waals surface area contributed by atoms with Crippen LogP contribution in [0.3, 0.4) is 0 Å². The van der Waals surface area contributed by atoms with Gasteiger partial charge in [0.2, 0.25) is 5.88 Å². The smallest absolute Gasteiger partial charge is 0.218 e. The normalized spacial score (nSPS) is 14.3. The maximum absolute atomic E-state index is 5.85. The fourth-order valence-electron chi connectivity index (χ4n) is 2.92. The van der Waals surface area contributed by atoms with Gasteiger partial charge in [-0.15, -0.1) is 0 Å². The molecule has 5 nitrogen and oxygen atoms in total. The van der Waals surface area contributed by atoms with Crippen LogP contribution in [0.25, 0.3) is 16.6 Å². The predicted octanol–water partition coefficient (Wildman–Crippen LogP) is 4.64. The van der Waals surface area contributed by atoms with Crippen LogP contribution in [0.4, 0.5) is 0 Å². The number of hydrogen-bond acceptors (Lipinski definition) is 4. The maximum Gasteiger partial charge on any atom is 0.218 e. The van der Waals surface area contributed by atoms with Crippen LogP contribution in [0, 0.1) is 0 Å². The van der Waals surface area contributed by atoms with E-state index in [0.29, 0.717) is 10.9 Å². The van der Waals surface area contributed by atoms with E-state index in [0.717, 1.165) is 41.9 Å². The summed E-state index contributed by atoms with van der Waals surface area (Å²) in [7, 11) is 0. The third-order valence-corrected chi connectivity index (χ3v) is 4.38. The fraction of sp³-hybridized carbons (Fsp3) is 0.211. The second-order valence-corrected chi connectivity index (χ2v) is 6.21. The average Bonchev–Trinajstić information content (AvgIpc) is 3.03. The van der Waals surface area contributed by atoms with Crippen LogP contribution in [0.5, 0.6) is 5.88 Å². The maximum atomic E-state index is 5.85. The molecule has 0 amide bonds. The van der Waals surface area contributed by atoms with E-state index in [1.807, 2.05) is 23.0 Å². The minimum atomic E-state index is 0.551. The van der Waals surface area contributed by atoms with Crippen LogP contribution in [0.2, 0.25) is 5.02 Å². The number of halogens is 1. The zero-order valence-corrected chi connectivity index (χ0v) is 14.6. The number of fused-ring (bicyclic) bond motifs is 1. The highest BCUT2D eigenvalue weighted by Crippen LogP contribution is 2.31. The molecule has 0 radical (unpaired) electrons. The second-order valence-electron chi connectivity index (χ2n) is 5.78. The van der Waals surface area contributed by atoms with E-state index in [1.165, 1.54) is 5.57 Å². The molecule has 0 unspecified atom stereocenters. The molecule has 0 saturated carbocycles. The molecule has 0 saturated heterocycles. The molecule has 1 aliphatic rings. The van der Waals surface area contributed by atoms with E-state index < -0.39 is 0 Å². The number of rotatable bonds is 4. The SMILES string of the molecule is CCn1nc(C2=CC=C(Oc3ccc(Cl)cn3)CC2)c2ncccc21. The minimum absolute atomic E-state index is 0.551. The van der Waals surface area contributed by atoms with E-state index in [4.69, 9.17) is 21.4 Å². The van der Waals surface area contributed by atoms with Gasteiger partial charge < -0.3 is 4.74 Å². The summed E-state index contributed by atoms with van der Waals surface area (Å²) in [5.74, 6) is 1.43. The van der Waals surface area contributed by atoms with Gasteiger partial charge in [-0.05, 0) is 43.2 Å². The summed E-state index contributed by atoms with van der Waals surface area (Å²) in [6, 6.07) is 7.54. The molecule has 4 rings (SSSR count). The van der Waals surface area contributed by atoms with E-state index in [-0.39, 0.29) is 0 Å². The van der Waals surface area contributed by atoms with Gasteiger partial charge in [-0.2, -0.15) is 5.10 Å². The molecule has 3 heterocycles. The van der Waals surface area contributed by atoms with Gasteiger partial charge in [0.15, 0.2) is 0 Å². The Labute approximate surface area is 150 Å². The summed E-state index contributed by atoms with van der Waals surface area (Å²) in [6.07, 6.45) is 9.08. The van der Waals surface area contributed by atoms with Gasteiger partial charge in [0.05, 0.1) is 10.5 Å². The lowest BCUT2D eigenvalue weighted by molar-refractivity contribution is 0.388. The molecular formula is C19H17ClN4O. The summed E-state index contributed by atoms with van der Waals surface area (Å²) in [5.41, 5.74) is 4.15. The first-order chi connectivity index (χ1) is 12.2. The van der Waals surface area contributed by atoms with Crippen LogP contribution < -0.4 is 4.74 Å². The number of aromatic nitrogens is 4. The highest BCUT2D eigenvalue weighted by Gasteiger charge is 2.17. The quantitative estimate of drug-likeness (QED) is 0.686. The van der Waals surface area contributed by atoms with E-state index in [2.05, 4.69) is 29.0 Å². The molecule has 1 aliphatic carbocycles. The molecule has 3 aromatic heterocycles. The van der Waals surface area contributed by atoms with Crippen molar-refractivity contribution >= 4 is 28.2 Å². The molecule has 0 aromatic carbocycles. The summed E-state index contributed by atoms with van der Waals surface area (Å²) < 4.78 is 7.81. The Hall–Kier alpha value is -2.66. The topological polar surface area (TPSA) is 52.8 Å². The van der Waals surface area contributed by atoms with Gasteiger partial charge in [-0.1, -0.05) is 17.7 Å². The van der Waals surface area contributed by atoms with Gasteiger partial charge in [0.25, 0.3) is 0 Å². The molecule has 0 fully saturated rings. The van der Waals surface area contributed by atoms with Crippen LogP contribution >= 0.6 is 11.6 Å². The average molecular weight is 353 g/mol. The lowest BCUT2D eigenvalue weighted by Crippen LogP contribution is -2.02. The van der Waals surface area contributed by atoms with Gasteiger partial charge in [-0.3, -0.25) is 9.67 Å². The van der Waals surface area contributed by atoms with Crippen molar-refractivity contribution in [2.24, 2.45) is 0 Å². The zero-order chi connectivity index (χ0) is 17.2.